The third kappa shape index (κ3) is 4.23. The van der Waals surface area contributed by atoms with E-state index in [4.69, 9.17) is 0 Å². The summed E-state index contributed by atoms with van der Waals surface area (Å²) < 4.78 is 13.6. The summed E-state index contributed by atoms with van der Waals surface area (Å²) in [6.07, 6.45) is 1.98. The number of aliphatic hydroxyl groups excluding tert-OH is 1. The van der Waals surface area contributed by atoms with Crippen molar-refractivity contribution in [3.8, 4) is 0 Å². The third-order valence-electron chi connectivity index (χ3n) is 3.00. The monoisotopic (exact) mass is 335 g/mol. The number of nitrogens with one attached hydrogen (secondary N) is 1. The first kappa shape index (κ1) is 16.0. The highest BCUT2D eigenvalue weighted by molar-refractivity contribution is 9.10. The molecule has 2 nitrogen and oxygen atoms in total. The Bertz CT molecular complexity index is 387. The molecule has 0 saturated heterocycles. The summed E-state index contributed by atoms with van der Waals surface area (Å²) in [4.78, 5) is 0. The Kier molecular flexibility index (Phi) is 6.63. The standard InChI is InChI=1S/C13H19BrFNOS/c1-8(16-9(2)13(7-17)18-3)10-4-5-12(15)11(14)6-10/h4-6,8-9,13,16-17H,7H2,1-3H3. The Labute approximate surface area is 120 Å². The van der Waals surface area contributed by atoms with Crippen LogP contribution in [0.15, 0.2) is 22.7 Å². The van der Waals surface area contributed by atoms with Crippen LogP contribution in [0.1, 0.15) is 25.5 Å². The van der Waals surface area contributed by atoms with Crippen molar-refractivity contribution < 1.29 is 9.50 Å². The Balaban J connectivity index is 2.69. The Morgan fingerprint density at radius 1 is 1.44 bits per heavy atom. The zero-order chi connectivity index (χ0) is 13.7. The second kappa shape index (κ2) is 7.48. The van der Waals surface area contributed by atoms with E-state index in [1.54, 1.807) is 23.9 Å². The van der Waals surface area contributed by atoms with Crippen LogP contribution in [0.25, 0.3) is 0 Å². The van der Waals surface area contributed by atoms with Crippen LogP contribution in [-0.2, 0) is 0 Å². The van der Waals surface area contributed by atoms with Crippen molar-refractivity contribution in [2.45, 2.75) is 31.2 Å². The topological polar surface area (TPSA) is 32.3 Å². The molecule has 3 atom stereocenters. The van der Waals surface area contributed by atoms with Gasteiger partial charge in [-0.15, -0.1) is 0 Å². The predicted molar refractivity (Wildman–Crippen MR) is 79.5 cm³/mol. The molecule has 0 saturated carbocycles. The van der Waals surface area contributed by atoms with E-state index in [1.165, 1.54) is 6.07 Å². The first-order chi connectivity index (χ1) is 8.49. The number of thioether (sulfide) groups is 1. The summed E-state index contributed by atoms with van der Waals surface area (Å²) in [5, 5.41) is 12.8. The van der Waals surface area contributed by atoms with Gasteiger partial charge in [-0.2, -0.15) is 11.8 Å². The molecule has 18 heavy (non-hydrogen) atoms. The van der Waals surface area contributed by atoms with Gasteiger partial charge in [-0.05, 0) is 53.7 Å². The minimum atomic E-state index is -0.253. The number of hydrogen-bond acceptors (Lipinski definition) is 3. The highest BCUT2D eigenvalue weighted by Gasteiger charge is 2.18. The summed E-state index contributed by atoms with van der Waals surface area (Å²) >= 11 is 4.83. The SMILES string of the molecule is CSC(CO)C(C)NC(C)c1ccc(F)c(Br)c1. The van der Waals surface area contributed by atoms with Crippen molar-refractivity contribution in [2.75, 3.05) is 12.9 Å². The van der Waals surface area contributed by atoms with Crippen LogP contribution in [0.5, 0.6) is 0 Å². The average molecular weight is 336 g/mol. The largest absolute Gasteiger partial charge is 0.395 e. The number of halogens is 2. The Hall–Kier alpha value is -0.100. The molecule has 2 N–H and O–H groups in total. The number of aliphatic hydroxyl groups is 1. The summed E-state index contributed by atoms with van der Waals surface area (Å²) in [6.45, 7) is 4.23. The van der Waals surface area contributed by atoms with Gasteiger partial charge in [0.15, 0.2) is 0 Å². The Morgan fingerprint density at radius 2 is 2.11 bits per heavy atom. The lowest BCUT2D eigenvalue weighted by Gasteiger charge is -2.25. The Morgan fingerprint density at radius 3 is 2.61 bits per heavy atom. The first-order valence-electron chi connectivity index (χ1n) is 5.84. The van der Waals surface area contributed by atoms with Gasteiger partial charge >= 0.3 is 0 Å². The van der Waals surface area contributed by atoms with Gasteiger partial charge in [0.1, 0.15) is 5.82 Å². The normalized spacial score (nSPS) is 16.3. The fourth-order valence-corrected chi connectivity index (χ4v) is 2.85. The molecule has 0 aliphatic rings. The van der Waals surface area contributed by atoms with Gasteiger partial charge in [-0.1, -0.05) is 6.07 Å². The highest BCUT2D eigenvalue weighted by Crippen LogP contribution is 2.22. The quantitative estimate of drug-likeness (QED) is 0.836. The molecule has 0 aliphatic carbocycles. The van der Waals surface area contributed by atoms with E-state index in [9.17, 15) is 9.50 Å². The van der Waals surface area contributed by atoms with Crippen molar-refractivity contribution in [1.29, 1.82) is 0 Å². The van der Waals surface area contributed by atoms with Gasteiger partial charge in [-0.25, -0.2) is 4.39 Å². The van der Waals surface area contributed by atoms with Crippen molar-refractivity contribution >= 4 is 27.7 Å². The van der Waals surface area contributed by atoms with E-state index < -0.39 is 0 Å². The fraction of sp³-hybridized carbons (Fsp3) is 0.538. The van der Waals surface area contributed by atoms with Gasteiger partial charge in [0.05, 0.1) is 11.1 Å². The van der Waals surface area contributed by atoms with E-state index in [0.717, 1.165) is 5.56 Å². The summed E-state index contributed by atoms with van der Waals surface area (Å²) in [6, 6.07) is 5.31. The molecule has 0 bridgehead atoms. The average Bonchev–Trinajstić information content (AvgIpc) is 2.34. The first-order valence-corrected chi connectivity index (χ1v) is 7.92. The van der Waals surface area contributed by atoms with E-state index in [2.05, 4.69) is 21.2 Å². The van der Waals surface area contributed by atoms with Crippen LogP contribution in [0.2, 0.25) is 0 Å². The molecule has 0 aliphatic heterocycles. The van der Waals surface area contributed by atoms with E-state index in [1.807, 2.05) is 20.1 Å². The summed E-state index contributed by atoms with van der Waals surface area (Å²) in [5.41, 5.74) is 1.02. The zero-order valence-corrected chi connectivity index (χ0v) is 13.2. The van der Waals surface area contributed by atoms with Crippen molar-refractivity contribution in [3.63, 3.8) is 0 Å². The van der Waals surface area contributed by atoms with E-state index >= 15 is 0 Å². The van der Waals surface area contributed by atoms with Crippen LogP contribution >= 0.6 is 27.7 Å². The van der Waals surface area contributed by atoms with E-state index in [0.29, 0.717) is 4.47 Å². The van der Waals surface area contributed by atoms with Gasteiger partial charge in [0.2, 0.25) is 0 Å². The number of rotatable bonds is 6. The molecule has 0 spiro atoms. The molecule has 0 aromatic heterocycles. The lowest BCUT2D eigenvalue weighted by molar-refractivity contribution is 0.272. The lowest BCUT2D eigenvalue weighted by atomic mass is 10.1. The van der Waals surface area contributed by atoms with Crippen LogP contribution in [-0.4, -0.2) is 29.3 Å². The second-order valence-electron chi connectivity index (χ2n) is 4.31. The van der Waals surface area contributed by atoms with Crippen molar-refractivity contribution in [3.05, 3.63) is 34.1 Å². The molecule has 0 fully saturated rings. The van der Waals surface area contributed by atoms with Gasteiger partial charge in [0.25, 0.3) is 0 Å². The number of hydrogen-bond donors (Lipinski definition) is 2. The lowest BCUT2D eigenvalue weighted by Crippen LogP contribution is -2.38. The maximum Gasteiger partial charge on any atom is 0.137 e. The molecule has 5 heteroatoms. The fourth-order valence-electron chi connectivity index (χ4n) is 1.82. The van der Waals surface area contributed by atoms with Crippen LogP contribution in [0.3, 0.4) is 0 Å². The maximum absolute atomic E-state index is 13.2. The molecule has 0 radical (unpaired) electrons. The molecule has 102 valence electrons. The number of benzene rings is 1. The second-order valence-corrected chi connectivity index (χ2v) is 6.24. The molecule has 1 aromatic carbocycles. The zero-order valence-electron chi connectivity index (χ0n) is 10.8. The molecule has 0 amide bonds. The van der Waals surface area contributed by atoms with Crippen LogP contribution < -0.4 is 5.32 Å². The minimum Gasteiger partial charge on any atom is -0.395 e. The minimum absolute atomic E-state index is 0.109. The van der Waals surface area contributed by atoms with Gasteiger partial charge in [0, 0.05) is 17.3 Å². The molecule has 3 unspecified atom stereocenters. The van der Waals surface area contributed by atoms with Crippen molar-refractivity contribution in [1.82, 2.24) is 5.32 Å². The van der Waals surface area contributed by atoms with Gasteiger partial charge in [-0.3, -0.25) is 0 Å². The molecule has 0 heterocycles. The highest BCUT2D eigenvalue weighted by atomic mass is 79.9. The van der Waals surface area contributed by atoms with Gasteiger partial charge < -0.3 is 10.4 Å². The van der Waals surface area contributed by atoms with Crippen LogP contribution in [0.4, 0.5) is 4.39 Å². The summed E-state index contributed by atoms with van der Waals surface area (Å²) in [5.74, 6) is -0.253. The molecule has 1 rings (SSSR count). The van der Waals surface area contributed by atoms with E-state index in [-0.39, 0.29) is 29.8 Å². The molecular weight excluding hydrogens is 317 g/mol. The molecular formula is C13H19BrFNOS. The predicted octanol–water partition coefficient (Wildman–Crippen LogP) is 3.35. The third-order valence-corrected chi connectivity index (χ3v) is 4.77. The summed E-state index contributed by atoms with van der Waals surface area (Å²) in [7, 11) is 0. The van der Waals surface area contributed by atoms with Crippen LogP contribution in [0, 0.1) is 5.82 Å². The smallest absolute Gasteiger partial charge is 0.137 e. The van der Waals surface area contributed by atoms with Crippen molar-refractivity contribution in [2.24, 2.45) is 0 Å². The maximum atomic E-state index is 13.2. The molecule has 1 aromatic rings.